The Morgan fingerprint density at radius 3 is 2.48 bits per heavy atom. The SMILES string of the molecule is CC(=NS(=O)(=O)c1ccc(NC(=O)c2ccccc2C)c(Cl)c1F)C1CCN(C)CC1. The lowest BCUT2D eigenvalue weighted by Crippen LogP contribution is -2.33. The largest absolute Gasteiger partial charge is 0.321 e. The summed E-state index contributed by atoms with van der Waals surface area (Å²) in [6, 6.07) is 9.27. The molecule has 1 heterocycles. The topological polar surface area (TPSA) is 78.8 Å². The number of hydrogen-bond acceptors (Lipinski definition) is 4. The molecule has 2 aromatic rings. The van der Waals surface area contributed by atoms with Gasteiger partial charge in [0, 0.05) is 17.2 Å². The lowest BCUT2D eigenvalue weighted by Gasteiger charge is -2.28. The van der Waals surface area contributed by atoms with Gasteiger partial charge in [-0.05, 0) is 70.6 Å². The van der Waals surface area contributed by atoms with E-state index in [1.807, 2.05) is 7.05 Å². The number of rotatable bonds is 5. The number of carbonyl (C=O) groups is 1. The van der Waals surface area contributed by atoms with Crippen molar-refractivity contribution in [2.45, 2.75) is 31.6 Å². The van der Waals surface area contributed by atoms with Crippen LogP contribution in [0, 0.1) is 18.7 Å². The van der Waals surface area contributed by atoms with E-state index in [0.29, 0.717) is 11.3 Å². The van der Waals surface area contributed by atoms with E-state index in [-0.39, 0.29) is 11.6 Å². The Morgan fingerprint density at radius 1 is 1.19 bits per heavy atom. The van der Waals surface area contributed by atoms with Gasteiger partial charge in [-0.3, -0.25) is 4.79 Å². The van der Waals surface area contributed by atoms with Gasteiger partial charge in [-0.1, -0.05) is 29.8 Å². The van der Waals surface area contributed by atoms with Crippen LogP contribution in [0.15, 0.2) is 45.7 Å². The third-order valence-electron chi connectivity index (χ3n) is 5.54. The first-order valence-electron chi connectivity index (χ1n) is 9.95. The molecule has 0 radical (unpaired) electrons. The van der Waals surface area contributed by atoms with Crippen molar-refractivity contribution in [2.75, 3.05) is 25.5 Å². The van der Waals surface area contributed by atoms with Gasteiger partial charge in [0.05, 0.1) is 5.69 Å². The number of amides is 1. The van der Waals surface area contributed by atoms with Gasteiger partial charge >= 0.3 is 0 Å². The number of nitrogens with one attached hydrogen (secondary N) is 1. The van der Waals surface area contributed by atoms with Crippen LogP contribution in [0.2, 0.25) is 5.02 Å². The average Bonchev–Trinajstić information content (AvgIpc) is 2.71. The quantitative estimate of drug-likeness (QED) is 0.658. The summed E-state index contributed by atoms with van der Waals surface area (Å²) in [6.07, 6.45) is 1.60. The Morgan fingerprint density at radius 2 is 1.84 bits per heavy atom. The van der Waals surface area contributed by atoms with Gasteiger partial charge in [0.15, 0.2) is 5.82 Å². The number of halogens is 2. The van der Waals surface area contributed by atoms with Crippen LogP contribution in [0.1, 0.15) is 35.7 Å². The fourth-order valence-electron chi connectivity index (χ4n) is 3.58. The second kappa shape index (κ2) is 9.46. The molecule has 6 nitrogen and oxygen atoms in total. The van der Waals surface area contributed by atoms with E-state index in [0.717, 1.165) is 37.6 Å². The molecule has 0 unspecified atom stereocenters. The maximum atomic E-state index is 14.9. The number of benzene rings is 2. The molecule has 1 amide bonds. The van der Waals surface area contributed by atoms with Crippen molar-refractivity contribution < 1.29 is 17.6 Å². The molecule has 3 rings (SSSR count). The van der Waals surface area contributed by atoms with E-state index in [9.17, 15) is 17.6 Å². The van der Waals surface area contributed by atoms with Gasteiger partial charge < -0.3 is 10.2 Å². The zero-order chi connectivity index (χ0) is 22.8. The van der Waals surface area contributed by atoms with Crippen LogP contribution in [0.25, 0.3) is 0 Å². The molecule has 0 spiro atoms. The van der Waals surface area contributed by atoms with Crippen molar-refractivity contribution in [3.8, 4) is 0 Å². The third kappa shape index (κ3) is 5.31. The van der Waals surface area contributed by atoms with Crippen LogP contribution < -0.4 is 5.32 Å². The molecular weight excluding hydrogens is 441 g/mol. The second-order valence-corrected chi connectivity index (χ2v) is 9.74. The molecule has 0 bridgehead atoms. The standard InChI is InChI=1S/C22H25ClFN3O3S/c1-14-6-4-5-7-17(14)22(28)25-18-8-9-19(21(24)20(18)23)31(29,30)26-15(2)16-10-12-27(3)13-11-16/h4-9,16H,10-13H2,1-3H3,(H,25,28). The van der Waals surface area contributed by atoms with Crippen molar-refractivity contribution >= 4 is 38.9 Å². The summed E-state index contributed by atoms with van der Waals surface area (Å²) in [5, 5.41) is 2.06. The molecular formula is C22H25ClFN3O3S. The fourth-order valence-corrected chi connectivity index (χ4v) is 5.05. The Balaban J connectivity index is 1.85. The maximum Gasteiger partial charge on any atom is 0.285 e. The smallest absolute Gasteiger partial charge is 0.285 e. The second-order valence-electron chi connectivity index (χ2n) is 7.79. The molecule has 9 heteroatoms. The van der Waals surface area contributed by atoms with E-state index in [2.05, 4.69) is 14.6 Å². The van der Waals surface area contributed by atoms with Crippen molar-refractivity contribution in [2.24, 2.45) is 10.3 Å². The van der Waals surface area contributed by atoms with Gasteiger partial charge in [-0.15, -0.1) is 0 Å². The first-order valence-corrected chi connectivity index (χ1v) is 11.8. The Bertz CT molecular complexity index is 1130. The first-order chi connectivity index (χ1) is 14.6. The normalized spacial score (nSPS) is 16.4. The lowest BCUT2D eigenvalue weighted by atomic mass is 9.93. The highest BCUT2D eigenvalue weighted by molar-refractivity contribution is 7.90. The average molecular weight is 466 g/mol. The molecule has 0 atom stereocenters. The summed E-state index contributed by atoms with van der Waals surface area (Å²) in [6.45, 7) is 5.14. The molecule has 166 valence electrons. The monoisotopic (exact) mass is 465 g/mol. The highest BCUT2D eigenvalue weighted by Gasteiger charge is 2.26. The summed E-state index contributed by atoms with van der Waals surface area (Å²) in [5.41, 5.74) is 1.60. The summed E-state index contributed by atoms with van der Waals surface area (Å²) < 4.78 is 44.2. The number of nitrogens with zero attached hydrogens (tertiary/aromatic N) is 2. The van der Waals surface area contributed by atoms with E-state index in [1.165, 1.54) is 6.07 Å². The van der Waals surface area contributed by atoms with Gasteiger partial charge in [-0.2, -0.15) is 12.8 Å². The van der Waals surface area contributed by atoms with Crippen molar-refractivity contribution in [3.63, 3.8) is 0 Å². The zero-order valence-corrected chi connectivity index (χ0v) is 19.2. The number of hydrogen-bond donors (Lipinski definition) is 1. The van der Waals surface area contributed by atoms with Gasteiger partial charge in [0.1, 0.15) is 9.92 Å². The van der Waals surface area contributed by atoms with Gasteiger partial charge in [-0.25, -0.2) is 4.39 Å². The summed E-state index contributed by atoms with van der Waals surface area (Å²) in [4.78, 5) is 14.0. The summed E-state index contributed by atoms with van der Waals surface area (Å²) >= 11 is 6.07. The van der Waals surface area contributed by atoms with Gasteiger partial charge in [0.2, 0.25) is 0 Å². The number of likely N-dealkylation sites (tertiary alicyclic amines) is 1. The molecule has 1 aliphatic rings. The minimum atomic E-state index is -4.28. The molecule has 31 heavy (non-hydrogen) atoms. The van der Waals surface area contributed by atoms with Crippen LogP contribution in [0.5, 0.6) is 0 Å². The van der Waals surface area contributed by atoms with E-state index in [1.54, 1.807) is 38.1 Å². The maximum absolute atomic E-state index is 14.9. The van der Waals surface area contributed by atoms with E-state index < -0.39 is 31.7 Å². The van der Waals surface area contributed by atoms with Crippen LogP contribution >= 0.6 is 11.6 Å². The number of anilines is 1. The highest BCUT2D eigenvalue weighted by atomic mass is 35.5. The molecule has 1 fully saturated rings. The minimum Gasteiger partial charge on any atom is -0.321 e. The third-order valence-corrected chi connectivity index (χ3v) is 7.31. The van der Waals surface area contributed by atoms with Crippen molar-refractivity contribution in [1.29, 1.82) is 0 Å². The number of carbonyl (C=O) groups excluding carboxylic acids is 1. The summed E-state index contributed by atoms with van der Waals surface area (Å²) in [7, 11) is -2.27. The Hall–Kier alpha value is -2.29. The van der Waals surface area contributed by atoms with Crippen LogP contribution in [0.3, 0.4) is 0 Å². The summed E-state index contributed by atoms with van der Waals surface area (Å²) in [5.74, 6) is -1.56. The number of piperidine rings is 1. The molecule has 2 aromatic carbocycles. The highest BCUT2D eigenvalue weighted by Crippen LogP contribution is 2.32. The molecule has 1 aliphatic heterocycles. The van der Waals surface area contributed by atoms with E-state index >= 15 is 0 Å². The minimum absolute atomic E-state index is 0.0117. The Kier molecular flexibility index (Phi) is 7.13. The van der Waals surface area contributed by atoms with Crippen LogP contribution in [0.4, 0.5) is 10.1 Å². The van der Waals surface area contributed by atoms with Gasteiger partial charge in [0.25, 0.3) is 15.9 Å². The first kappa shape index (κ1) is 23.4. The zero-order valence-electron chi connectivity index (χ0n) is 17.7. The number of sulfonamides is 1. The molecule has 1 saturated heterocycles. The lowest BCUT2D eigenvalue weighted by molar-refractivity contribution is 0.102. The predicted molar refractivity (Wildman–Crippen MR) is 121 cm³/mol. The van der Waals surface area contributed by atoms with Crippen LogP contribution in [-0.4, -0.2) is 45.1 Å². The van der Waals surface area contributed by atoms with Crippen LogP contribution in [-0.2, 0) is 10.0 Å². The molecule has 1 N–H and O–H groups in total. The van der Waals surface area contributed by atoms with E-state index in [4.69, 9.17) is 11.6 Å². The number of aryl methyl sites for hydroxylation is 1. The Labute approximate surface area is 187 Å². The molecule has 0 aromatic heterocycles. The molecule has 0 aliphatic carbocycles. The molecule has 0 saturated carbocycles. The van der Waals surface area contributed by atoms with Crippen molar-refractivity contribution in [3.05, 3.63) is 58.4 Å². The predicted octanol–water partition coefficient (Wildman–Crippen LogP) is 4.53. The fraction of sp³-hybridized carbons (Fsp3) is 0.364. The van der Waals surface area contributed by atoms with Crippen molar-refractivity contribution in [1.82, 2.24) is 4.90 Å².